The summed E-state index contributed by atoms with van der Waals surface area (Å²) in [6, 6.07) is 0. The van der Waals surface area contributed by atoms with Crippen molar-refractivity contribution >= 4 is 51.8 Å². The molecular formula is C20H27B2N3. The molecule has 0 aromatic carbocycles. The molecule has 0 saturated carbocycles. The summed E-state index contributed by atoms with van der Waals surface area (Å²) < 4.78 is 2.06. The van der Waals surface area contributed by atoms with Crippen LogP contribution in [0.4, 0.5) is 5.82 Å². The largest absolute Gasteiger partial charge is 0.278 e. The maximum atomic E-state index is 4.77. The molecule has 0 amide bonds. The third-order valence-corrected chi connectivity index (χ3v) is 3.60. The van der Waals surface area contributed by atoms with E-state index in [1.165, 1.54) is 5.47 Å². The predicted octanol–water partition coefficient (Wildman–Crippen LogP) is 3.81. The third kappa shape index (κ3) is 4.72. The van der Waals surface area contributed by atoms with Crippen molar-refractivity contribution in [3.05, 3.63) is 59.3 Å². The summed E-state index contributed by atoms with van der Waals surface area (Å²) in [6.07, 6.45) is 13.6. The van der Waals surface area contributed by atoms with Crippen LogP contribution in [0.2, 0.25) is 0 Å². The highest BCUT2D eigenvalue weighted by Gasteiger charge is 2.20. The van der Waals surface area contributed by atoms with Crippen LogP contribution in [0.5, 0.6) is 0 Å². The average Bonchev–Trinajstić information content (AvgIpc) is 2.86. The second-order valence-corrected chi connectivity index (χ2v) is 5.79. The van der Waals surface area contributed by atoms with Crippen molar-refractivity contribution in [3.63, 3.8) is 0 Å². The molecule has 5 heteroatoms. The quantitative estimate of drug-likeness (QED) is 0.431. The van der Waals surface area contributed by atoms with Gasteiger partial charge in [-0.1, -0.05) is 44.4 Å². The minimum absolute atomic E-state index is 0.806. The summed E-state index contributed by atoms with van der Waals surface area (Å²) in [7, 11) is 4.06. The third-order valence-electron chi connectivity index (χ3n) is 3.60. The second kappa shape index (κ2) is 9.67. The molecule has 0 aliphatic carbocycles. The maximum Gasteiger partial charge on any atom is 0.163 e. The van der Waals surface area contributed by atoms with Crippen molar-refractivity contribution in [2.24, 2.45) is 9.98 Å². The van der Waals surface area contributed by atoms with E-state index >= 15 is 0 Å². The Balaban J connectivity index is 4.08. The Morgan fingerprint density at radius 2 is 1.72 bits per heavy atom. The SMILES string of the molecule is B/C(C)=C/c1c(C=C)c(C=C)c(/N=C\C)n1C(/C=C\C)=N/C(B)=C\C. The Morgan fingerprint density at radius 3 is 2.16 bits per heavy atom. The number of aromatic nitrogens is 1. The van der Waals surface area contributed by atoms with Gasteiger partial charge in [-0.25, -0.2) is 9.98 Å². The summed E-state index contributed by atoms with van der Waals surface area (Å²) in [6.45, 7) is 15.9. The molecule has 0 N–H and O–H groups in total. The molecule has 3 nitrogen and oxygen atoms in total. The standard InChI is InChI=1S/C20H27B2N3/c1-7-12-19(24-18(22)10-4)25-17(13-14(6)21)15(8-2)16(9-3)20(25)23-11-5/h7-13H,2-3,21-22H2,1,4-6H3/b12-7-,14-13+,18-10-,23-11-,24-19+. The lowest BCUT2D eigenvalue weighted by Gasteiger charge is -2.11. The molecule has 0 atom stereocenters. The molecule has 0 radical (unpaired) electrons. The zero-order valence-electron chi connectivity index (χ0n) is 16.3. The molecule has 0 saturated heterocycles. The van der Waals surface area contributed by atoms with Gasteiger partial charge < -0.3 is 0 Å². The fourth-order valence-electron chi connectivity index (χ4n) is 2.48. The van der Waals surface area contributed by atoms with Gasteiger partial charge in [0.1, 0.15) is 19.5 Å². The van der Waals surface area contributed by atoms with Crippen molar-refractivity contribution in [1.82, 2.24) is 4.57 Å². The van der Waals surface area contributed by atoms with Crippen LogP contribution in [0.15, 0.2) is 52.4 Å². The molecule has 0 aliphatic heterocycles. The Bertz CT molecular complexity index is 799. The van der Waals surface area contributed by atoms with E-state index in [4.69, 9.17) is 4.99 Å². The summed E-state index contributed by atoms with van der Waals surface area (Å²) in [5.74, 6) is 1.61. The van der Waals surface area contributed by atoms with Gasteiger partial charge >= 0.3 is 0 Å². The minimum Gasteiger partial charge on any atom is -0.278 e. The lowest BCUT2D eigenvalue weighted by Crippen LogP contribution is -2.12. The van der Waals surface area contributed by atoms with Crippen molar-refractivity contribution in [1.29, 1.82) is 0 Å². The highest BCUT2D eigenvalue weighted by molar-refractivity contribution is 6.24. The summed E-state index contributed by atoms with van der Waals surface area (Å²) in [5, 5.41) is 0. The molecule has 1 heterocycles. The molecule has 128 valence electrons. The van der Waals surface area contributed by atoms with Gasteiger partial charge in [0, 0.05) is 17.3 Å². The van der Waals surface area contributed by atoms with E-state index in [0.29, 0.717) is 0 Å². The number of allylic oxidation sites excluding steroid dienone is 4. The highest BCUT2D eigenvalue weighted by atomic mass is 15.1. The lowest BCUT2D eigenvalue weighted by atomic mass is 9.95. The smallest absolute Gasteiger partial charge is 0.163 e. The van der Waals surface area contributed by atoms with E-state index < -0.39 is 0 Å². The summed E-state index contributed by atoms with van der Waals surface area (Å²) in [5.41, 5.74) is 5.10. The highest BCUT2D eigenvalue weighted by Crippen LogP contribution is 2.33. The normalized spacial score (nSPS) is 13.8. The van der Waals surface area contributed by atoms with Crippen LogP contribution >= 0.6 is 0 Å². The first-order valence-electron chi connectivity index (χ1n) is 8.46. The Hall–Kier alpha value is -2.55. The molecule has 0 aliphatic rings. The van der Waals surface area contributed by atoms with Crippen molar-refractivity contribution in [2.75, 3.05) is 0 Å². The first-order chi connectivity index (χ1) is 11.9. The van der Waals surface area contributed by atoms with Crippen molar-refractivity contribution in [2.45, 2.75) is 27.7 Å². The van der Waals surface area contributed by atoms with Crippen LogP contribution in [0.3, 0.4) is 0 Å². The Labute approximate surface area is 153 Å². The fourth-order valence-corrected chi connectivity index (χ4v) is 2.48. The van der Waals surface area contributed by atoms with Crippen LogP contribution in [0, 0.1) is 0 Å². The molecule has 1 aromatic rings. The number of aliphatic imine (C=N–C) groups is 2. The van der Waals surface area contributed by atoms with Crippen molar-refractivity contribution < 1.29 is 0 Å². The van der Waals surface area contributed by atoms with Crippen LogP contribution in [0.1, 0.15) is 44.5 Å². The van der Waals surface area contributed by atoms with Gasteiger partial charge in [0.05, 0.1) is 5.69 Å². The molecule has 0 spiro atoms. The predicted molar refractivity (Wildman–Crippen MR) is 121 cm³/mol. The number of rotatable bonds is 6. The monoisotopic (exact) mass is 331 g/mol. The van der Waals surface area contributed by atoms with Gasteiger partial charge in [0.2, 0.25) is 0 Å². The number of hydrogen-bond acceptors (Lipinski definition) is 2. The molecular weight excluding hydrogens is 304 g/mol. The molecule has 0 unspecified atom stereocenters. The molecule has 25 heavy (non-hydrogen) atoms. The van der Waals surface area contributed by atoms with Crippen LogP contribution in [0.25, 0.3) is 18.2 Å². The van der Waals surface area contributed by atoms with Gasteiger partial charge in [0.25, 0.3) is 0 Å². The molecule has 0 bridgehead atoms. The number of nitrogens with zero attached hydrogens (tertiary/aromatic N) is 3. The first kappa shape index (κ1) is 20.5. The summed E-state index contributed by atoms with van der Waals surface area (Å²) >= 11 is 0. The summed E-state index contributed by atoms with van der Waals surface area (Å²) in [4.78, 5) is 9.38. The van der Waals surface area contributed by atoms with Gasteiger partial charge in [-0.15, -0.1) is 5.47 Å². The molecule has 1 rings (SSSR count). The van der Waals surface area contributed by atoms with E-state index in [1.54, 1.807) is 6.21 Å². The van der Waals surface area contributed by atoms with E-state index in [1.807, 2.05) is 59.0 Å². The van der Waals surface area contributed by atoms with Gasteiger partial charge in [0.15, 0.2) is 7.85 Å². The van der Waals surface area contributed by atoms with E-state index in [9.17, 15) is 0 Å². The Morgan fingerprint density at radius 1 is 1.08 bits per heavy atom. The van der Waals surface area contributed by atoms with E-state index in [2.05, 4.69) is 43.6 Å². The minimum atomic E-state index is 0.806. The topological polar surface area (TPSA) is 29.6 Å². The molecule has 0 fully saturated rings. The average molecular weight is 331 g/mol. The van der Waals surface area contributed by atoms with Gasteiger partial charge in [-0.05, 0) is 38.5 Å². The number of hydrogen-bond donors (Lipinski definition) is 0. The van der Waals surface area contributed by atoms with Gasteiger partial charge in [-0.3, -0.25) is 4.57 Å². The first-order valence-corrected chi connectivity index (χ1v) is 8.46. The van der Waals surface area contributed by atoms with Crippen molar-refractivity contribution in [3.8, 4) is 0 Å². The van der Waals surface area contributed by atoms with Gasteiger partial charge in [-0.2, -0.15) is 0 Å². The van der Waals surface area contributed by atoms with E-state index in [-0.39, 0.29) is 0 Å². The lowest BCUT2D eigenvalue weighted by molar-refractivity contribution is 1.12. The fraction of sp³-hybridized carbons (Fsp3) is 0.200. The van der Waals surface area contributed by atoms with Crippen LogP contribution in [-0.2, 0) is 0 Å². The maximum absolute atomic E-state index is 4.77. The van der Waals surface area contributed by atoms with E-state index in [0.717, 1.165) is 34.1 Å². The zero-order valence-corrected chi connectivity index (χ0v) is 16.3. The second-order valence-electron chi connectivity index (χ2n) is 5.79. The molecule has 1 aromatic heterocycles. The van der Waals surface area contributed by atoms with Crippen LogP contribution in [-0.4, -0.2) is 32.3 Å². The van der Waals surface area contributed by atoms with Crippen LogP contribution < -0.4 is 0 Å². The Kier molecular flexibility index (Phi) is 7.93. The zero-order chi connectivity index (χ0) is 19.0.